The largest absolute Gasteiger partial charge is 0.357 e. The Morgan fingerprint density at radius 2 is 2.11 bits per heavy atom. The first-order valence-electron chi connectivity index (χ1n) is 9.53. The average molecular weight is 551 g/mol. The number of rotatable bonds is 6. The SMILES string of the molecule is CCNC(=NCCCc1ccc(Br)cc1F)N1CCC(N2CC=CC2)C1.I. The van der Waals surface area contributed by atoms with Crippen molar-refractivity contribution in [3.63, 3.8) is 0 Å². The van der Waals surface area contributed by atoms with Gasteiger partial charge in [-0.2, -0.15) is 0 Å². The summed E-state index contributed by atoms with van der Waals surface area (Å²) in [6, 6.07) is 5.89. The molecule has 0 spiro atoms. The van der Waals surface area contributed by atoms with Crippen LogP contribution >= 0.6 is 39.9 Å². The molecule has 150 valence electrons. The number of nitrogens with zero attached hydrogens (tertiary/aromatic N) is 3. The van der Waals surface area contributed by atoms with E-state index in [0.717, 1.165) is 55.1 Å². The first-order valence-corrected chi connectivity index (χ1v) is 10.3. The molecule has 4 nitrogen and oxygen atoms in total. The van der Waals surface area contributed by atoms with Crippen LogP contribution in [0, 0.1) is 5.82 Å². The van der Waals surface area contributed by atoms with Crippen molar-refractivity contribution in [3.05, 3.63) is 46.2 Å². The first-order chi connectivity index (χ1) is 12.7. The minimum atomic E-state index is -0.142. The molecule has 0 bridgehead atoms. The highest BCUT2D eigenvalue weighted by molar-refractivity contribution is 14.0. The molecule has 0 aromatic heterocycles. The fourth-order valence-electron chi connectivity index (χ4n) is 3.63. The maximum atomic E-state index is 13.9. The molecular weight excluding hydrogens is 522 g/mol. The van der Waals surface area contributed by atoms with E-state index >= 15 is 0 Å². The van der Waals surface area contributed by atoms with Gasteiger partial charge >= 0.3 is 0 Å². The summed E-state index contributed by atoms with van der Waals surface area (Å²) in [7, 11) is 0. The minimum Gasteiger partial charge on any atom is -0.357 e. The Morgan fingerprint density at radius 1 is 1.33 bits per heavy atom. The lowest BCUT2D eigenvalue weighted by molar-refractivity contribution is 0.259. The zero-order valence-corrected chi connectivity index (χ0v) is 19.8. The topological polar surface area (TPSA) is 30.9 Å². The van der Waals surface area contributed by atoms with Gasteiger partial charge < -0.3 is 10.2 Å². The van der Waals surface area contributed by atoms with Crippen molar-refractivity contribution in [2.75, 3.05) is 39.3 Å². The molecule has 1 unspecified atom stereocenters. The number of guanidine groups is 1. The summed E-state index contributed by atoms with van der Waals surface area (Å²) in [5.41, 5.74) is 0.760. The lowest BCUT2D eigenvalue weighted by Crippen LogP contribution is -2.42. The van der Waals surface area contributed by atoms with E-state index in [2.05, 4.69) is 50.1 Å². The third kappa shape index (κ3) is 6.42. The van der Waals surface area contributed by atoms with E-state index in [0.29, 0.717) is 19.0 Å². The molecule has 1 aromatic carbocycles. The Bertz CT molecular complexity index is 659. The summed E-state index contributed by atoms with van der Waals surface area (Å²) >= 11 is 3.30. The number of halogens is 3. The van der Waals surface area contributed by atoms with E-state index in [4.69, 9.17) is 4.99 Å². The fraction of sp³-hybridized carbons (Fsp3) is 0.550. The van der Waals surface area contributed by atoms with Crippen LogP contribution in [0.1, 0.15) is 25.3 Å². The van der Waals surface area contributed by atoms with E-state index in [1.807, 2.05) is 12.1 Å². The third-order valence-electron chi connectivity index (χ3n) is 5.04. The van der Waals surface area contributed by atoms with Gasteiger partial charge in [-0.25, -0.2) is 4.39 Å². The lowest BCUT2D eigenvalue weighted by atomic mass is 10.1. The van der Waals surface area contributed by atoms with E-state index in [-0.39, 0.29) is 29.8 Å². The molecule has 0 saturated carbocycles. The second-order valence-corrected chi connectivity index (χ2v) is 7.80. The van der Waals surface area contributed by atoms with Crippen molar-refractivity contribution in [3.8, 4) is 0 Å². The molecule has 7 heteroatoms. The van der Waals surface area contributed by atoms with Gasteiger partial charge in [-0.15, -0.1) is 24.0 Å². The molecule has 2 aliphatic heterocycles. The van der Waals surface area contributed by atoms with Crippen molar-refractivity contribution >= 4 is 45.9 Å². The number of nitrogens with one attached hydrogen (secondary N) is 1. The quantitative estimate of drug-likeness (QED) is 0.191. The van der Waals surface area contributed by atoms with Crippen LogP contribution in [0.15, 0.2) is 39.8 Å². The number of aliphatic imine (C=N–C) groups is 1. The van der Waals surface area contributed by atoms with Crippen LogP contribution in [0.3, 0.4) is 0 Å². The first kappa shape index (κ1) is 22.6. The van der Waals surface area contributed by atoms with Crippen molar-refractivity contribution < 1.29 is 4.39 Å². The van der Waals surface area contributed by atoms with Crippen LogP contribution in [0.4, 0.5) is 4.39 Å². The van der Waals surface area contributed by atoms with Gasteiger partial charge in [0.15, 0.2) is 5.96 Å². The Hall–Kier alpha value is -0.670. The molecule has 0 amide bonds. The number of likely N-dealkylation sites (tertiary alicyclic amines) is 1. The maximum Gasteiger partial charge on any atom is 0.193 e. The Balaban J connectivity index is 0.00000261. The highest BCUT2D eigenvalue weighted by Crippen LogP contribution is 2.18. The van der Waals surface area contributed by atoms with Gasteiger partial charge in [0.2, 0.25) is 0 Å². The van der Waals surface area contributed by atoms with Crippen LogP contribution in [-0.2, 0) is 6.42 Å². The van der Waals surface area contributed by atoms with Gasteiger partial charge in [0, 0.05) is 49.8 Å². The second kappa shape index (κ2) is 11.4. The van der Waals surface area contributed by atoms with Crippen LogP contribution in [0.25, 0.3) is 0 Å². The Kier molecular flexibility index (Phi) is 9.52. The summed E-state index contributed by atoms with van der Waals surface area (Å²) in [6.07, 6.45) is 7.26. The second-order valence-electron chi connectivity index (χ2n) is 6.89. The summed E-state index contributed by atoms with van der Waals surface area (Å²) < 4.78 is 14.7. The van der Waals surface area contributed by atoms with Gasteiger partial charge in [-0.1, -0.05) is 34.1 Å². The van der Waals surface area contributed by atoms with Crippen LogP contribution in [-0.4, -0.2) is 61.1 Å². The zero-order chi connectivity index (χ0) is 18.4. The van der Waals surface area contributed by atoms with E-state index in [1.54, 1.807) is 0 Å². The van der Waals surface area contributed by atoms with Crippen molar-refractivity contribution in [2.24, 2.45) is 4.99 Å². The van der Waals surface area contributed by atoms with Gasteiger partial charge in [0.25, 0.3) is 0 Å². The van der Waals surface area contributed by atoms with Crippen molar-refractivity contribution in [1.82, 2.24) is 15.1 Å². The summed E-state index contributed by atoms with van der Waals surface area (Å²) in [6.45, 7) is 7.92. The van der Waals surface area contributed by atoms with Gasteiger partial charge in [0.1, 0.15) is 5.82 Å². The number of benzene rings is 1. The molecule has 1 fully saturated rings. The lowest BCUT2D eigenvalue weighted by Gasteiger charge is -2.25. The predicted molar refractivity (Wildman–Crippen MR) is 125 cm³/mol. The minimum absolute atomic E-state index is 0. The van der Waals surface area contributed by atoms with E-state index in [9.17, 15) is 4.39 Å². The van der Waals surface area contributed by atoms with Crippen molar-refractivity contribution in [1.29, 1.82) is 0 Å². The average Bonchev–Trinajstić information content (AvgIpc) is 3.30. The standard InChI is InChI=1S/C20H28BrFN4.HI/c1-2-23-20(26-13-9-18(15-26)25-11-3-4-12-25)24-10-5-6-16-7-8-17(21)14-19(16)22;/h3-4,7-8,14,18H,2,5-6,9-13,15H2,1H3,(H,23,24);1H. The van der Waals surface area contributed by atoms with E-state index < -0.39 is 0 Å². The molecule has 27 heavy (non-hydrogen) atoms. The molecule has 2 heterocycles. The molecule has 3 rings (SSSR count). The van der Waals surface area contributed by atoms with Gasteiger partial charge in [0.05, 0.1) is 0 Å². The van der Waals surface area contributed by atoms with Crippen LogP contribution < -0.4 is 5.32 Å². The molecule has 1 N–H and O–H groups in total. The summed E-state index contributed by atoms with van der Waals surface area (Å²) in [5, 5.41) is 3.41. The molecule has 0 aliphatic carbocycles. The highest BCUT2D eigenvalue weighted by Gasteiger charge is 2.29. The highest BCUT2D eigenvalue weighted by atomic mass is 127. The van der Waals surface area contributed by atoms with Crippen LogP contribution in [0.5, 0.6) is 0 Å². The number of hydrogen-bond acceptors (Lipinski definition) is 2. The molecule has 0 radical (unpaired) electrons. The molecule has 1 atom stereocenters. The zero-order valence-electron chi connectivity index (χ0n) is 15.8. The Labute approximate surface area is 187 Å². The number of aryl methyl sites for hydroxylation is 1. The summed E-state index contributed by atoms with van der Waals surface area (Å²) in [5.74, 6) is 0.857. The van der Waals surface area contributed by atoms with Gasteiger partial charge in [-0.3, -0.25) is 9.89 Å². The predicted octanol–water partition coefficient (Wildman–Crippen LogP) is 4.05. The molecule has 1 aromatic rings. The van der Waals surface area contributed by atoms with Gasteiger partial charge in [-0.05, 0) is 43.9 Å². The van der Waals surface area contributed by atoms with Crippen LogP contribution in [0.2, 0.25) is 0 Å². The fourth-order valence-corrected chi connectivity index (χ4v) is 3.96. The maximum absolute atomic E-state index is 13.9. The molecular formula is C20H29BrFIN4. The Morgan fingerprint density at radius 3 is 2.81 bits per heavy atom. The number of hydrogen-bond donors (Lipinski definition) is 1. The normalized spacial score (nSPS) is 20.2. The summed E-state index contributed by atoms with van der Waals surface area (Å²) in [4.78, 5) is 9.68. The third-order valence-corrected chi connectivity index (χ3v) is 5.53. The smallest absolute Gasteiger partial charge is 0.193 e. The molecule has 1 saturated heterocycles. The van der Waals surface area contributed by atoms with E-state index in [1.165, 1.54) is 12.5 Å². The monoisotopic (exact) mass is 550 g/mol. The molecule has 2 aliphatic rings. The van der Waals surface area contributed by atoms with Crippen molar-refractivity contribution in [2.45, 2.75) is 32.2 Å².